The van der Waals surface area contributed by atoms with Crippen LogP contribution in [0, 0.1) is 10.1 Å². The average molecular weight is 410 g/mol. The van der Waals surface area contributed by atoms with Crippen LogP contribution in [0.1, 0.15) is 12.5 Å². The zero-order valence-corrected chi connectivity index (χ0v) is 16.2. The highest BCUT2D eigenvalue weighted by molar-refractivity contribution is 5.82. The Balaban J connectivity index is 1.73. The highest BCUT2D eigenvalue weighted by Gasteiger charge is 2.15. The third-order valence-electron chi connectivity index (χ3n) is 3.92. The van der Waals surface area contributed by atoms with Gasteiger partial charge in [0.1, 0.15) is 5.75 Å². The van der Waals surface area contributed by atoms with E-state index in [0.717, 1.165) is 0 Å². The molecule has 2 N–H and O–H groups in total. The van der Waals surface area contributed by atoms with Crippen LogP contribution in [0.5, 0.6) is 11.5 Å². The van der Waals surface area contributed by atoms with Gasteiger partial charge in [0.2, 0.25) is 5.95 Å². The maximum absolute atomic E-state index is 12.3. The number of nitro benzene ring substituents is 1. The molecule has 0 saturated carbocycles. The van der Waals surface area contributed by atoms with E-state index in [-0.39, 0.29) is 23.1 Å². The molecular weight excluding hydrogens is 392 g/mol. The number of anilines is 1. The SMILES string of the molecule is CCOc1ccc(/C=N/Nc2nnc(-c3ccc(OC)cc3)c(=O)[nH]2)cc1[N+](=O)[O-]. The lowest BCUT2D eigenvalue weighted by Gasteiger charge is -2.04. The lowest BCUT2D eigenvalue weighted by Crippen LogP contribution is -2.15. The third kappa shape index (κ3) is 4.76. The summed E-state index contributed by atoms with van der Waals surface area (Å²) in [7, 11) is 1.55. The predicted molar refractivity (Wildman–Crippen MR) is 110 cm³/mol. The minimum atomic E-state index is -0.531. The molecule has 0 bridgehead atoms. The van der Waals surface area contributed by atoms with Gasteiger partial charge in [0.25, 0.3) is 5.56 Å². The molecule has 0 aliphatic rings. The van der Waals surface area contributed by atoms with Gasteiger partial charge in [-0.3, -0.25) is 19.9 Å². The maximum atomic E-state index is 12.3. The van der Waals surface area contributed by atoms with E-state index in [1.165, 1.54) is 18.3 Å². The van der Waals surface area contributed by atoms with Crippen molar-refractivity contribution in [2.24, 2.45) is 5.10 Å². The van der Waals surface area contributed by atoms with Crippen LogP contribution in [-0.4, -0.2) is 40.0 Å². The summed E-state index contributed by atoms with van der Waals surface area (Å²) in [4.78, 5) is 25.4. The zero-order valence-electron chi connectivity index (χ0n) is 16.2. The molecule has 0 radical (unpaired) electrons. The molecule has 30 heavy (non-hydrogen) atoms. The Hall–Kier alpha value is -4.28. The fraction of sp³-hybridized carbons (Fsp3) is 0.158. The summed E-state index contributed by atoms with van der Waals surface area (Å²) < 4.78 is 10.3. The van der Waals surface area contributed by atoms with Crippen LogP contribution < -0.4 is 20.5 Å². The van der Waals surface area contributed by atoms with Gasteiger partial charge in [0.05, 0.1) is 24.9 Å². The summed E-state index contributed by atoms with van der Waals surface area (Å²) in [5.74, 6) is 0.858. The lowest BCUT2D eigenvalue weighted by molar-refractivity contribution is -0.385. The average Bonchev–Trinajstić information content (AvgIpc) is 2.75. The van der Waals surface area contributed by atoms with Gasteiger partial charge >= 0.3 is 5.69 Å². The first-order valence-electron chi connectivity index (χ1n) is 8.83. The van der Waals surface area contributed by atoms with Crippen molar-refractivity contribution in [1.82, 2.24) is 15.2 Å². The molecule has 154 valence electrons. The number of ether oxygens (including phenoxy) is 2. The van der Waals surface area contributed by atoms with Crippen molar-refractivity contribution < 1.29 is 14.4 Å². The Labute approximate surface area is 170 Å². The first-order chi connectivity index (χ1) is 14.5. The summed E-state index contributed by atoms with van der Waals surface area (Å²) in [5, 5.41) is 22.9. The van der Waals surface area contributed by atoms with Crippen LogP contribution in [0.2, 0.25) is 0 Å². The predicted octanol–water partition coefficient (Wildman–Crippen LogP) is 2.59. The van der Waals surface area contributed by atoms with Crippen LogP contribution in [0.3, 0.4) is 0 Å². The normalized spacial score (nSPS) is 10.7. The number of H-pyrrole nitrogens is 1. The van der Waals surface area contributed by atoms with Crippen molar-refractivity contribution in [3.63, 3.8) is 0 Å². The van der Waals surface area contributed by atoms with Crippen LogP contribution in [0.4, 0.5) is 11.6 Å². The van der Waals surface area contributed by atoms with Gasteiger partial charge in [-0.25, -0.2) is 5.43 Å². The number of nitro groups is 1. The molecule has 0 aliphatic carbocycles. The van der Waals surface area contributed by atoms with Crippen molar-refractivity contribution in [2.45, 2.75) is 6.92 Å². The molecule has 11 nitrogen and oxygen atoms in total. The number of hydrogen-bond donors (Lipinski definition) is 2. The van der Waals surface area contributed by atoms with Gasteiger partial charge in [-0.15, -0.1) is 10.2 Å². The molecule has 11 heteroatoms. The van der Waals surface area contributed by atoms with E-state index < -0.39 is 10.5 Å². The summed E-state index contributed by atoms with van der Waals surface area (Å²) in [5.41, 5.74) is 3.11. The monoisotopic (exact) mass is 410 g/mol. The van der Waals surface area contributed by atoms with Gasteiger partial charge in [0, 0.05) is 17.2 Å². The Morgan fingerprint density at radius 1 is 1.23 bits per heavy atom. The van der Waals surface area contributed by atoms with Crippen LogP contribution >= 0.6 is 0 Å². The topological polar surface area (TPSA) is 145 Å². The van der Waals surface area contributed by atoms with Crippen molar-refractivity contribution in [3.8, 4) is 22.8 Å². The molecule has 0 unspecified atom stereocenters. The van der Waals surface area contributed by atoms with Crippen molar-refractivity contribution >= 4 is 17.9 Å². The standard InChI is InChI=1S/C19H18N6O5/c1-3-30-16-9-4-12(10-15(16)25(27)28)11-20-23-19-21-18(26)17(22-24-19)13-5-7-14(29-2)8-6-13/h4-11H,3H2,1-2H3,(H2,21,23,24,26)/b20-11+. The smallest absolute Gasteiger partial charge is 0.311 e. The molecule has 2 aromatic carbocycles. The molecule has 0 atom stereocenters. The van der Waals surface area contributed by atoms with Gasteiger partial charge in [-0.1, -0.05) is 0 Å². The number of nitrogens with zero attached hydrogens (tertiary/aromatic N) is 4. The van der Waals surface area contributed by atoms with Crippen LogP contribution in [0.25, 0.3) is 11.3 Å². The second kappa shape index (κ2) is 9.28. The van der Waals surface area contributed by atoms with Crippen LogP contribution in [0.15, 0.2) is 52.4 Å². The van der Waals surface area contributed by atoms with E-state index in [9.17, 15) is 14.9 Å². The third-order valence-corrected chi connectivity index (χ3v) is 3.92. The minimum Gasteiger partial charge on any atom is -0.497 e. The Bertz CT molecular complexity index is 1130. The summed E-state index contributed by atoms with van der Waals surface area (Å²) in [6.07, 6.45) is 1.35. The minimum absolute atomic E-state index is 0.0222. The van der Waals surface area contributed by atoms with Gasteiger partial charge in [0.15, 0.2) is 11.4 Å². The molecular formula is C19H18N6O5. The molecule has 3 rings (SSSR count). The van der Waals surface area contributed by atoms with E-state index in [1.807, 2.05) is 0 Å². The molecule has 1 aromatic heterocycles. The van der Waals surface area contributed by atoms with Crippen molar-refractivity contribution in [1.29, 1.82) is 0 Å². The van der Waals surface area contributed by atoms with Gasteiger partial charge in [-0.05, 0) is 43.3 Å². The van der Waals surface area contributed by atoms with Crippen LogP contribution in [-0.2, 0) is 0 Å². The van der Waals surface area contributed by atoms with E-state index in [2.05, 4.69) is 25.7 Å². The largest absolute Gasteiger partial charge is 0.497 e. The molecule has 0 spiro atoms. The van der Waals surface area contributed by atoms with Gasteiger partial charge in [-0.2, -0.15) is 5.10 Å². The van der Waals surface area contributed by atoms with Crippen molar-refractivity contribution in [3.05, 3.63) is 68.5 Å². The maximum Gasteiger partial charge on any atom is 0.311 e. The lowest BCUT2D eigenvalue weighted by atomic mass is 10.1. The fourth-order valence-electron chi connectivity index (χ4n) is 2.53. The number of aromatic nitrogens is 3. The molecule has 0 amide bonds. The number of methoxy groups -OCH3 is 1. The van der Waals surface area contributed by atoms with Gasteiger partial charge < -0.3 is 9.47 Å². The highest BCUT2D eigenvalue weighted by atomic mass is 16.6. The number of nitrogens with one attached hydrogen (secondary N) is 2. The molecule has 1 heterocycles. The molecule has 0 aliphatic heterocycles. The fourth-order valence-corrected chi connectivity index (χ4v) is 2.53. The second-order valence-electron chi connectivity index (χ2n) is 5.87. The molecule has 3 aromatic rings. The van der Waals surface area contributed by atoms with E-state index in [4.69, 9.17) is 9.47 Å². The Morgan fingerprint density at radius 3 is 2.63 bits per heavy atom. The van der Waals surface area contributed by atoms with E-state index >= 15 is 0 Å². The Morgan fingerprint density at radius 2 is 2.00 bits per heavy atom. The highest BCUT2D eigenvalue weighted by Crippen LogP contribution is 2.27. The van der Waals surface area contributed by atoms with E-state index in [1.54, 1.807) is 44.4 Å². The summed E-state index contributed by atoms with van der Waals surface area (Å²) in [6, 6.07) is 11.3. The Kier molecular flexibility index (Phi) is 6.33. The summed E-state index contributed by atoms with van der Waals surface area (Å²) >= 11 is 0. The first kappa shape index (κ1) is 20.5. The number of aromatic amines is 1. The quantitative estimate of drug-likeness (QED) is 0.327. The number of benzene rings is 2. The zero-order chi connectivity index (χ0) is 21.5. The second-order valence-corrected chi connectivity index (χ2v) is 5.87. The number of rotatable bonds is 8. The molecule has 0 fully saturated rings. The summed E-state index contributed by atoms with van der Waals surface area (Å²) in [6.45, 7) is 2.05. The number of hydrogen-bond acceptors (Lipinski definition) is 9. The first-order valence-corrected chi connectivity index (χ1v) is 8.83. The molecule has 0 saturated heterocycles. The van der Waals surface area contributed by atoms with E-state index in [0.29, 0.717) is 23.5 Å². The number of hydrazone groups is 1. The van der Waals surface area contributed by atoms with Crippen molar-refractivity contribution in [2.75, 3.05) is 19.1 Å².